The number of nitrogens with zero attached hydrogens (tertiary/aromatic N) is 7. The summed E-state index contributed by atoms with van der Waals surface area (Å²) in [6.45, 7) is 1.77. The van der Waals surface area contributed by atoms with Gasteiger partial charge in [0.25, 0.3) is 0 Å². The molecule has 2 fully saturated rings. The minimum absolute atomic E-state index is 0.108. The third-order valence-corrected chi connectivity index (χ3v) is 6.42. The summed E-state index contributed by atoms with van der Waals surface area (Å²) in [4.78, 5) is 3.67. The maximum Gasteiger partial charge on any atom is 0.172 e. The van der Waals surface area contributed by atoms with Crippen LogP contribution in [0.25, 0.3) is 16.9 Å². The number of hydrogen-bond acceptors (Lipinski definition) is 7. The van der Waals surface area contributed by atoms with Gasteiger partial charge in [0.1, 0.15) is 5.75 Å². The second kappa shape index (κ2) is 7.09. The summed E-state index contributed by atoms with van der Waals surface area (Å²) in [6.07, 6.45) is 6.70. The number of benzene rings is 1. The number of aromatic nitrogens is 6. The molecule has 0 amide bonds. The van der Waals surface area contributed by atoms with Crippen LogP contribution in [0.4, 0.5) is 5.82 Å². The molecule has 8 nitrogen and oxygen atoms in total. The summed E-state index contributed by atoms with van der Waals surface area (Å²) in [5.74, 6) is 3.33. The number of phenols is 1. The zero-order valence-corrected chi connectivity index (χ0v) is 16.7. The van der Waals surface area contributed by atoms with E-state index in [1.54, 1.807) is 19.1 Å². The number of phenolic OH excluding ortho intramolecular Hbond substituents is 1. The van der Waals surface area contributed by atoms with Crippen molar-refractivity contribution in [2.45, 2.75) is 45.1 Å². The van der Waals surface area contributed by atoms with Crippen molar-refractivity contribution in [2.24, 2.45) is 11.8 Å². The van der Waals surface area contributed by atoms with Gasteiger partial charge < -0.3 is 10.0 Å². The predicted octanol–water partition coefficient (Wildman–Crippen LogP) is 3.15. The predicted molar refractivity (Wildman–Crippen MR) is 109 cm³/mol. The van der Waals surface area contributed by atoms with E-state index in [1.165, 1.54) is 36.9 Å². The molecule has 0 unspecified atom stereocenters. The molecular weight excluding hydrogens is 366 g/mol. The van der Waals surface area contributed by atoms with Gasteiger partial charge in [-0.1, -0.05) is 12.8 Å². The average molecular weight is 391 g/mol. The van der Waals surface area contributed by atoms with Gasteiger partial charge >= 0.3 is 0 Å². The summed E-state index contributed by atoms with van der Waals surface area (Å²) in [5, 5.41) is 31.3. The molecule has 0 saturated heterocycles. The van der Waals surface area contributed by atoms with E-state index in [4.69, 9.17) is 0 Å². The van der Waals surface area contributed by atoms with E-state index in [-0.39, 0.29) is 5.75 Å². The summed E-state index contributed by atoms with van der Waals surface area (Å²) >= 11 is 0. The summed E-state index contributed by atoms with van der Waals surface area (Å²) < 4.78 is 0. The van der Waals surface area contributed by atoms with Gasteiger partial charge in [-0.2, -0.15) is 0 Å². The lowest BCUT2D eigenvalue weighted by Crippen LogP contribution is -2.37. The SMILES string of the molecule is Cc1nnn(-c2ccc(-c3ccc(N(C)[C@H]4C[C@@H]5CC[C@@H](C5)C4)nn3)c(O)c2)n1. The highest BCUT2D eigenvalue weighted by molar-refractivity contribution is 5.68. The summed E-state index contributed by atoms with van der Waals surface area (Å²) in [5.41, 5.74) is 1.91. The minimum atomic E-state index is 0.108. The molecule has 2 aliphatic rings. The number of anilines is 1. The van der Waals surface area contributed by atoms with Crippen LogP contribution in [0.3, 0.4) is 0 Å². The van der Waals surface area contributed by atoms with Crippen LogP contribution in [-0.4, -0.2) is 48.6 Å². The molecule has 1 N–H and O–H groups in total. The molecule has 150 valence electrons. The van der Waals surface area contributed by atoms with E-state index in [9.17, 15) is 5.11 Å². The normalized spacial score (nSPS) is 23.3. The third-order valence-electron chi connectivity index (χ3n) is 6.42. The van der Waals surface area contributed by atoms with E-state index in [2.05, 4.69) is 37.6 Å². The van der Waals surface area contributed by atoms with E-state index >= 15 is 0 Å². The average Bonchev–Trinajstić information content (AvgIpc) is 3.32. The summed E-state index contributed by atoms with van der Waals surface area (Å²) in [6, 6.07) is 9.70. The molecule has 2 aliphatic carbocycles. The maximum absolute atomic E-state index is 10.5. The first-order valence-corrected chi connectivity index (χ1v) is 10.2. The van der Waals surface area contributed by atoms with Crippen molar-refractivity contribution in [3.8, 4) is 22.7 Å². The number of rotatable bonds is 4. The highest BCUT2D eigenvalue weighted by atomic mass is 16.3. The van der Waals surface area contributed by atoms with E-state index in [0.29, 0.717) is 28.8 Å². The molecule has 0 aliphatic heterocycles. The van der Waals surface area contributed by atoms with Gasteiger partial charge in [-0.25, -0.2) is 0 Å². The monoisotopic (exact) mass is 391 g/mol. The molecule has 8 heteroatoms. The Bertz CT molecular complexity index is 1000. The lowest BCUT2D eigenvalue weighted by molar-refractivity contribution is 0.312. The number of tetrazole rings is 1. The van der Waals surface area contributed by atoms with Gasteiger partial charge in [0.2, 0.25) is 0 Å². The van der Waals surface area contributed by atoms with Crippen molar-refractivity contribution in [3.63, 3.8) is 0 Å². The fourth-order valence-corrected chi connectivity index (χ4v) is 4.89. The second-order valence-electron chi connectivity index (χ2n) is 8.39. The van der Waals surface area contributed by atoms with Gasteiger partial charge in [-0.05, 0) is 67.5 Å². The van der Waals surface area contributed by atoms with Gasteiger partial charge in [-0.3, -0.25) is 0 Å². The largest absolute Gasteiger partial charge is 0.507 e. The Morgan fingerprint density at radius 3 is 2.41 bits per heavy atom. The van der Waals surface area contributed by atoms with Crippen LogP contribution < -0.4 is 4.90 Å². The zero-order chi connectivity index (χ0) is 20.0. The van der Waals surface area contributed by atoms with Gasteiger partial charge in [0.05, 0.1) is 11.4 Å². The minimum Gasteiger partial charge on any atom is -0.507 e. The van der Waals surface area contributed by atoms with E-state index in [1.807, 2.05) is 18.2 Å². The highest BCUT2D eigenvalue weighted by Crippen LogP contribution is 2.43. The van der Waals surface area contributed by atoms with Crippen LogP contribution in [0.1, 0.15) is 37.9 Å². The van der Waals surface area contributed by atoms with Crippen LogP contribution in [0, 0.1) is 18.8 Å². The number of aromatic hydroxyl groups is 1. The van der Waals surface area contributed by atoms with Gasteiger partial charge in [-0.15, -0.1) is 25.2 Å². The molecule has 29 heavy (non-hydrogen) atoms. The molecule has 3 atom stereocenters. The van der Waals surface area contributed by atoms with Crippen molar-refractivity contribution < 1.29 is 5.11 Å². The first kappa shape index (κ1) is 18.0. The van der Waals surface area contributed by atoms with Crippen molar-refractivity contribution >= 4 is 5.82 Å². The molecule has 2 heterocycles. The Labute approximate surface area is 169 Å². The second-order valence-corrected chi connectivity index (χ2v) is 8.39. The van der Waals surface area contributed by atoms with Crippen LogP contribution in [0.2, 0.25) is 0 Å². The van der Waals surface area contributed by atoms with Crippen molar-refractivity contribution in [2.75, 3.05) is 11.9 Å². The number of aryl methyl sites for hydroxylation is 1. The Kier molecular flexibility index (Phi) is 4.41. The van der Waals surface area contributed by atoms with Crippen molar-refractivity contribution in [1.29, 1.82) is 0 Å². The number of hydrogen-bond donors (Lipinski definition) is 1. The molecule has 2 bridgehead atoms. The molecule has 0 spiro atoms. The topological polar surface area (TPSA) is 92.9 Å². The molecule has 3 aromatic rings. The molecule has 5 rings (SSSR count). The highest BCUT2D eigenvalue weighted by Gasteiger charge is 2.36. The summed E-state index contributed by atoms with van der Waals surface area (Å²) in [7, 11) is 2.12. The Hall–Kier alpha value is -3.03. The number of fused-ring (bicyclic) bond motifs is 2. The lowest BCUT2D eigenvalue weighted by atomic mass is 9.85. The quantitative estimate of drug-likeness (QED) is 0.730. The zero-order valence-electron chi connectivity index (χ0n) is 16.7. The standard InChI is InChI=1S/C21H25N7O/c1-13-22-26-28(25-13)16-5-6-18(20(29)12-16)19-7-8-21(24-23-19)27(2)17-10-14-3-4-15(9-14)11-17/h5-8,12,14-15,17,29H,3-4,9-11H2,1-2H3/t14-,15+,17+. The molecule has 2 saturated carbocycles. The Morgan fingerprint density at radius 2 is 1.79 bits per heavy atom. The molecule has 0 radical (unpaired) electrons. The molecule has 2 aromatic heterocycles. The van der Waals surface area contributed by atoms with Crippen molar-refractivity contribution in [3.05, 3.63) is 36.2 Å². The van der Waals surface area contributed by atoms with Crippen LogP contribution in [0.15, 0.2) is 30.3 Å². The molecule has 1 aromatic carbocycles. The van der Waals surface area contributed by atoms with Crippen LogP contribution in [-0.2, 0) is 0 Å². The fourth-order valence-electron chi connectivity index (χ4n) is 4.89. The van der Waals surface area contributed by atoms with Crippen molar-refractivity contribution in [1.82, 2.24) is 30.4 Å². The molecular formula is C21H25N7O. The van der Waals surface area contributed by atoms with E-state index < -0.39 is 0 Å². The van der Waals surface area contributed by atoms with E-state index in [0.717, 1.165) is 17.7 Å². The first-order valence-electron chi connectivity index (χ1n) is 10.2. The van der Waals surface area contributed by atoms with Crippen LogP contribution >= 0.6 is 0 Å². The lowest BCUT2D eigenvalue weighted by Gasteiger charge is -2.35. The van der Waals surface area contributed by atoms with Gasteiger partial charge in [0.15, 0.2) is 11.6 Å². The Balaban J connectivity index is 1.34. The smallest absolute Gasteiger partial charge is 0.172 e. The fraction of sp³-hybridized carbons (Fsp3) is 0.476. The third kappa shape index (κ3) is 3.43. The Morgan fingerprint density at radius 1 is 1.00 bits per heavy atom. The first-order chi connectivity index (χ1) is 14.1. The van der Waals surface area contributed by atoms with Gasteiger partial charge in [0, 0.05) is 24.7 Å². The maximum atomic E-state index is 10.5. The van der Waals surface area contributed by atoms with Crippen LogP contribution in [0.5, 0.6) is 5.75 Å².